The van der Waals surface area contributed by atoms with Crippen molar-refractivity contribution in [1.82, 2.24) is 24.8 Å². The number of carbonyl (C=O) groups is 3. The summed E-state index contributed by atoms with van der Waals surface area (Å²) in [4.78, 5) is 57.6. The van der Waals surface area contributed by atoms with Gasteiger partial charge in [-0.3, -0.25) is 19.4 Å². The monoisotopic (exact) mass is 540 g/mol. The molecule has 208 valence electrons. The Balaban J connectivity index is 1.77. The summed E-state index contributed by atoms with van der Waals surface area (Å²) in [6, 6.07) is 3.47. The van der Waals surface area contributed by atoms with Gasteiger partial charge in [0.15, 0.2) is 5.82 Å². The van der Waals surface area contributed by atoms with Gasteiger partial charge in [0.05, 0.1) is 24.0 Å². The summed E-state index contributed by atoms with van der Waals surface area (Å²) in [5, 5.41) is 14.2. The highest BCUT2D eigenvalue weighted by atomic mass is 19.1. The number of rotatable bonds is 11. The van der Waals surface area contributed by atoms with Gasteiger partial charge in [0, 0.05) is 31.4 Å². The minimum Gasteiger partial charge on any atom is -0.465 e. The quantitative estimate of drug-likeness (QED) is 0.275. The summed E-state index contributed by atoms with van der Waals surface area (Å²) < 4.78 is 15.8. The number of anilines is 1. The Hall–Kier alpha value is -4.48. The van der Waals surface area contributed by atoms with Gasteiger partial charge in [0.25, 0.3) is 5.56 Å². The number of hydrogen-bond donors (Lipinski definition) is 4. The Bertz CT molecular complexity index is 1440. The average molecular weight is 541 g/mol. The zero-order valence-corrected chi connectivity index (χ0v) is 22.3. The van der Waals surface area contributed by atoms with E-state index in [1.54, 1.807) is 32.3 Å². The first kappa shape index (κ1) is 29.1. The van der Waals surface area contributed by atoms with Gasteiger partial charge in [-0.15, -0.1) is 0 Å². The number of H-pyrrole nitrogens is 1. The lowest BCUT2D eigenvalue weighted by Crippen LogP contribution is -2.44. The van der Waals surface area contributed by atoms with Crippen molar-refractivity contribution in [3.8, 4) is 0 Å². The van der Waals surface area contributed by atoms with Crippen LogP contribution in [0.5, 0.6) is 0 Å². The van der Waals surface area contributed by atoms with Crippen LogP contribution in [0.1, 0.15) is 38.1 Å². The highest BCUT2D eigenvalue weighted by Gasteiger charge is 2.21. The maximum Gasteiger partial charge on any atom is 0.405 e. The van der Waals surface area contributed by atoms with Gasteiger partial charge >= 0.3 is 6.09 Å². The number of hydrogen-bond acceptors (Lipinski definition) is 5. The Morgan fingerprint density at radius 1 is 1.28 bits per heavy atom. The van der Waals surface area contributed by atoms with E-state index in [2.05, 4.69) is 20.6 Å². The zero-order chi connectivity index (χ0) is 28.7. The minimum absolute atomic E-state index is 0.0394. The zero-order valence-electron chi connectivity index (χ0n) is 22.3. The maximum atomic E-state index is 14.4. The molecule has 3 amide bonds. The molecule has 0 bridgehead atoms. The lowest BCUT2D eigenvalue weighted by molar-refractivity contribution is -0.123. The summed E-state index contributed by atoms with van der Waals surface area (Å²) in [5.41, 5.74) is 1.34. The Kier molecular flexibility index (Phi) is 9.58. The van der Waals surface area contributed by atoms with Crippen molar-refractivity contribution < 1.29 is 23.9 Å². The van der Waals surface area contributed by atoms with Crippen molar-refractivity contribution >= 4 is 34.5 Å². The molecule has 12 heteroatoms. The van der Waals surface area contributed by atoms with Crippen LogP contribution in [-0.2, 0) is 22.6 Å². The molecule has 0 aliphatic rings. The molecule has 3 heterocycles. The molecule has 0 aromatic carbocycles. The Labute approximate surface area is 224 Å². The van der Waals surface area contributed by atoms with E-state index in [9.17, 15) is 23.6 Å². The van der Waals surface area contributed by atoms with Crippen LogP contribution >= 0.6 is 0 Å². The molecule has 1 atom stereocenters. The van der Waals surface area contributed by atoms with Crippen LogP contribution in [0, 0.1) is 11.7 Å². The number of carboxylic acid groups (broad SMARTS) is 1. The van der Waals surface area contributed by atoms with Gasteiger partial charge < -0.3 is 30.2 Å². The van der Waals surface area contributed by atoms with Crippen LogP contribution < -0.4 is 16.2 Å². The lowest BCUT2D eigenvalue weighted by atomic mass is 10.1. The van der Waals surface area contributed by atoms with Crippen LogP contribution in [-0.4, -0.2) is 62.6 Å². The van der Waals surface area contributed by atoms with Crippen molar-refractivity contribution in [1.29, 1.82) is 0 Å². The molecule has 0 aliphatic carbocycles. The van der Waals surface area contributed by atoms with Crippen LogP contribution in [0.4, 0.5) is 14.9 Å². The minimum atomic E-state index is -1.40. The maximum absolute atomic E-state index is 14.4. The van der Waals surface area contributed by atoms with E-state index in [0.29, 0.717) is 28.9 Å². The summed E-state index contributed by atoms with van der Waals surface area (Å²) in [7, 11) is 3.19. The van der Waals surface area contributed by atoms with Gasteiger partial charge in [-0.2, -0.15) is 0 Å². The molecule has 0 aliphatic heterocycles. The van der Waals surface area contributed by atoms with Gasteiger partial charge in [0.1, 0.15) is 11.7 Å². The van der Waals surface area contributed by atoms with E-state index in [4.69, 9.17) is 5.11 Å². The molecule has 11 nitrogen and oxygen atoms in total. The predicted molar refractivity (Wildman–Crippen MR) is 145 cm³/mol. The van der Waals surface area contributed by atoms with E-state index < -0.39 is 29.4 Å². The highest BCUT2D eigenvalue weighted by molar-refractivity contribution is 5.96. The number of carbonyl (C=O) groups excluding carboxylic acids is 2. The fraction of sp³-hybridized carbons (Fsp3) is 0.370. The third kappa shape index (κ3) is 7.76. The SMILES string of the molecule is CC(C)Cc1ncc(F)c2cc(Cn3cccc(NC(=O)C(CCC=CC(=O)N(C)C)NC(=O)O)c3=O)[nH]c12. The second-order valence-electron chi connectivity index (χ2n) is 9.79. The molecule has 1 unspecified atom stereocenters. The summed E-state index contributed by atoms with van der Waals surface area (Å²) >= 11 is 0. The Morgan fingerprint density at radius 3 is 2.69 bits per heavy atom. The van der Waals surface area contributed by atoms with Gasteiger partial charge in [-0.1, -0.05) is 19.9 Å². The number of amides is 3. The van der Waals surface area contributed by atoms with Crippen molar-refractivity contribution in [2.45, 2.75) is 45.7 Å². The number of aromatic nitrogens is 3. The number of halogens is 1. The molecule has 0 spiro atoms. The number of nitrogens with one attached hydrogen (secondary N) is 3. The van der Waals surface area contributed by atoms with Crippen molar-refractivity contribution in [3.63, 3.8) is 0 Å². The molecule has 0 fully saturated rings. The average Bonchev–Trinajstić information content (AvgIpc) is 3.29. The highest BCUT2D eigenvalue weighted by Crippen LogP contribution is 2.23. The van der Waals surface area contributed by atoms with Gasteiger partial charge in [-0.05, 0) is 49.5 Å². The molecule has 3 aromatic heterocycles. The molecule has 0 saturated heterocycles. The number of allylic oxidation sites excluding steroid dienone is 1. The number of pyridine rings is 2. The summed E-state index contributed by atoms with van der Waals surface area (Å²) in [6.45, 7) is 4.16. The van der Waals surface area contributed by atoms with E-state index in [1.165, 1.54) is 34.0 Å². The number of fused-ring (bicyclic) bond motifs is 1. The van der Waals surface area contributed by atoms with Crippen LogP contribution in [0.25, 0.3) is 10.9 Å². The van der Waals surface area contributed by atoms with Crippen LogP contribution in [0.15, 0.2) is 47.5 Å². The third-order valence-electron chi connectivity index (χ3n) is 5.91. The van der Waals surface area contributed by atoms with E-state index in [1.807, 2.05) is 13.8 Å². The number of aromatic amines is 1. The normalized spacial score (nSPS) is 12.2. The molecule has 3 aromatic rings. The number of nitrogens with zero attached hydrogens (tertiary/aromatic N) is 3. The molecule has 39 heavy (non-hydrogen) atoms. The fourth-order valence-corrected chi connectivity index (χ4v) is 4.00. The standard InChI is InChI=1S/C27H33FN6O5/c1-16(2)12-22-24-18(19(28)14-29-22)13-17(30-24)15-34-11-7-9-21(26(34)37)31-25(36)20(32-27(38)39)8-5-6-10-23(35)33(3)4/h6-7,9-11,13-14,16,20,30,32H,5,8,12,15H2,1-4H3,(H,31,36)(H,38,39). The second-order valence-corrected chi connectivity index (χ2v) is 9.79. The van der Waals surface area contributed by atoms with Crippen molar-refractivity contribution in [2.75, 3.05) is 19.4 Å². The molecule has 0 radical (unpaired) electrons. The van der Waals surface area contributed by atoms with Crippen LogP contribution in [0.3, 0.4) is 0 Å². The molecular weight excluding hydrogens is 507 g/mol. The van der Waals surface area contributed by atoms with Gasteiger partial charge in [-0.25, -0.2) is 9.18 Å². The molecule has 0 saturated carbocycles. The van der Waals surface area contributed by atoms with E-state index >= 15 is 0 Å². The summed E-state index contributed by atoms with van der Waals surface area (Å²) in [5.74, 6) is -1.10. The topological polar surface area (TPSA) is 149 Å². The van der Waals surface area contributed by atoms with E-state index in [0.717, 1.165) is 5.69 Å². The van der Waals surface area contributed by atoms with Gasteiger partial charge in [0.2, 0.25) is 11.8 Å². The smallest absolute Gasteiger partial charge is 0.405 e. The van der Waals surface area contributed by atoms with Crippen molar-refractivity contribution in [2.24, 2.45) is 5.92 Å². The first-order chi connectivity index (χ1) is 18.5. The van der Waals surface area contributed by atoms with Crippen molar-refractivity contribution in [3.05, 3.63) is 70.3 Å². The molecular formula is C27H33FN6O5. The largest absolute Gasteiger partial charge is 0.465 e. The summed E-state index contributed by atoms with van der Waals surface area (Å²) in [6.07, 6.45) is 5.20. The third-order valence-corrected chi connectivity index (χ3v) is 5.91. The molecule has 4 N–H and O–H groups in total. The second kappa shape index (κ2) is 12.9. The molecule has 3 rings (SSSR count). The van der Waals surface area contributed by atoms with E-state index in [-0.39, 0.29) is 31.0 Å². The first-order valence-electron chi connectivity index (χ1n) is 12.5. The predicted octanol–water partition coefficient (Wildman–Crippen LogP) is 3.11. The number of likely N-dealkylation sites (N-methyl/N-ethyl adjacent to an activating group) is 1. The van der Waals surface area contributed by atoms with Crippen LogP contribution in [0.2, 0.25) is 0 Å². The fourth-order valence-electron chi connectivity index (χ4n) is 4.00. The first-order valence-corrected chi connectivity index (χ1v) is 12.5. The lowest BCUT2D eigenvalue weighted by Gasteiger charge is -2.16. The Morgan fingerprint density at radius 2 is 2.03 bits per heavy atom.